The third kappa shape index (κ3) is 15.4. The summed E-state index contributed by atoms with van der Waals surface area (Å²) in [7, 11) is 3.38. The minimum atomic E-state index is -0.471. The van der Waals surface area contributed by atoms with Gasteiger partial charge in [0, 0.05) is 40.4 Å². The van der Waals surface area contributed by atoms with Gasteiger partial charge in [-0.3, -0.25) is 4.99 Å². The van der Waals surface area contributed by atoms with Gasteiger partial charge in [0.15, 0.2) is 5.96 Å². The Bertz CT molecular complexity index is 356. The van der Waals surface area contributed by atoms with Crippen LogP contribution >= 0.6 is 0 Å². The number of alkyl carbamates (subject to hydrolysis) is 1. The first-order valence-electron chi connectivity index (χ1n) is 8.37. The quantitative estimate of drug-likeness (QED) is 0.295. The number of aliphatic imine (C=N–C) groups is 1. The van der Waals surface area contributed by atoms with Crippen LogP contribution in [0.15, 0.2) is 4.99 Å². The molecule has 142 valence electrons. The van der Waals surface area contributed by atoms with E-state index in [4.69, 9.17) is 14.2 Å². The highest BCUT2D eigenvalue weighted by Crippen LogP contribution is 2.06. The second kappa shape index (κ2) is 13.9. The fourth-order valence-electron chi connectivity index (χ4n) is 1.65. The van der Waals surface area contributed by atoms with Crippen LogP contribution in [-0.2, 0) is 14.2 Å². The van der Waals surface area contributed by atoms with Crippen LogP contribution in [0.2, 0.25) is 0 Å². The number of hydrogen-bond donors (Lipinski definition) is 3. The van der Waals surface area contributed by atoms with Crippen LogP contribution in [0.1, 0.15) is 33.6 Å². The van der Waals surface area contributed by atoms with Gasteiger partial charge in [-0.05, 0) is 33.6 Å². The highest BCUT2D eigenvalue weighted by atomic mass is 16.6. The largest absolute Gasteiger partial charge is 0.444 e. The van der Waals surface area contributed by atoms with Crippen LogP contribution < -0.4 is 16.0 Å². The summed E-state index contributed by atoms with van der Waals surface area (Å²) in [5.41, 5.74) is -0.471. The topological polar surface area (TPSA) is 93.2 Å². The van der Waals surface area contributed by atoms with Gasteiger partial charge in [0.25, 0.3) is 0 Å². The molecule has 0 saturated carbocycles. The number of guanidine groups is 1. The van der Waals surface area contributed by atoms with Gasteiger partial charge in [0.2, 0.25) is 0 Å². The van der Waals surface area contributed by atoms with Gasteiger partial charge in [0.05, 0.1) is 13.2 Å². The molecule has 0 aliphatic heterocycles. The van der Waals surface area contributed by atoms with Crippen molar-refractivity contribution in [3.8, 4) is 0 Å². The lowest BCUT2D eigenvalue weighted by Gasteiger charge is -2.19. The molecule has 0 aliphatic carbocycles. The van der Waals surface area contributed by atoms with E-state index in [1.54, 1.807) is 14.2 Å². The summed E-state index contributed by atoms with van der Waals surface area (Å²) in [6, 6.07) is 0. The number of carbonyl (C=O) groups is 1. The van der Waals surface area contributed by atoms with Crippen molar-refractivity contribution < 1.29 is 19.0 Å². The molecule has 1 amide bonds. The fourth-order valence-corrected chi connectivity index (χ4v) is 1.65. The van der Waals surface area contributed by atoms with Gasteiger partial charge in [-0.25, -0.2) is 4.79 Å². The standard InChI is InChI=1S/C16H34N4O4/c1-16(2,3)24-15(21)20-9-6-8-18-14(17-4)19-10-7-11-23-13-12-22-5/h6-13H2,1-5H3,(H,20,21)(H2,17,18,19). The predicted octanol–water partition coefficient (Wildman–Crippen LogP) is 1.12. The summed E-state index contributed by atoms with van der Waals surface area (Å²) in [6.07, 6.45) is 1.28. The van der Waals surface area contributed by atoms with Crippen molar-refractivity contribution in [1.82, 2.24) is 16.0 Å². The van der Waals surface area contributed by atoms with Crippen LogP contribution in [0, 0.1) is 0 Å². The number of nitrogens with one attached hydrogen (secondary N) is 3. The van der Waals surface area contributed by atoms with Crippen LogP contribution in [-0.4, -0.2) is 71.3 Å². The van der Waals surface area contributed by atoms with E-state index in [9.17, 15) is 4.79 Å². The summed E-state index contributed by atoms with van der Waals surface area (Å²) in [5.74, 6) is 0.740. The molecule has 0 rings (SSSR count). The molecule has 24 heavy (non-hydrogen) atoms. The van der Waals surface area contributed by atoms with E-state index in [1.807, 2.05) is 20.8 Å². The number of nitrogens with zero attached hydrogens (tertiary/aromatic N) is 1. The van der Waals surface area contributed by atoms with Gasteiger partial charge in [0.1, 0.15) is 5.60 Å². The third-order valence-electron chi connectivity index (χ3n) is 2.73. The number of amides is 1. The second-order valence-electron chi connectivity index (χ2n) is 6.17. The Kier molecular flexibility index (Phi) is 13.0. The Balaban J connectivity index is 3.57. The lowest BCUT2D eigenvalue weighted by atomic mass is 10.2. The molecule has 0 spiro atoms. The van der Waals surface area contributed by atoms with Crippen molar-refractivity contribution >= 4 is 12.1 Å². The SMILES string of the molecule is CN=C(NCCCNC(=O)OC(C)(C)C)NCCCOCCOC. The minimum Gasteiger partial charge on any atom is -0.444 e. The van der Waals surface area contributed by atoms with Crippen molar-refractivity contribution in [1.29, 1.82) is 0 Å². The molecule has 0 aliphatic rings. The van der Waals surface area contributed by atoms with Crippen molar-refractivity contribution in [2.75, 3.05) is 53.6 Å². The molecule has 0 aromatic heterocycles. The third-order valence-corrected chi connectivity index (χ3v) is 2.73. The molecule has 0 aromatic rings. The monoisotopic (exact) mass is 346 g/mol. The van der Waals surface area contributed by atoms with E-state index in [0.717, 1.165) is 25.3 Å². The number of rotatable bonds is 11. The average Bonchev–Trinajstić information content (AvgIpc) is 2.50. The Labute approximate surface area is 145 Å². The number of methoxy groups -OCH3 is 1. The first-order valence-corrected chi connectivity index (χ1v) is 8.37. The zero-order valence-electron chi connectivity index (χ0n) is 15.7. The van der Waals surface area contributed by atoms with Crippen LogP contribution in [0.3, 0.4) is 0 Å². The molecular formula is C16H34N4O4. The molecule has 3 N–H and O–H groups in total. The lowest BCUT2D eigenvalue weighted by Crippen LogP contribution is -2.39. The lowest BCUT2D eigenvalue weighted by molar-refractivity contribution is 0.0527. The van der Waals surface area contributed by atoms with Gasteiger partial charge in [-0.1, -0.05) is 0 Å². The minimum absolute atomic E-state index is 0.390. The summed E-state index contributed by atoms with van der Waals surface area (Å²) in [5, 5.41) is 9.11. The molecule has 0 radical (unpaired) electrons. The predicted molar refractivity (Wildman–Crippen MR) is 95.5 cm³/mol. The van der Waals surface area contributed by atoms with E-state index < -0.39 is 11.7 Å². The molecular weight excluding hydrogens is 312 g/mol. The number of hydrogen-bond acceptors (Lipinski definition) is 5. The molecule has 0 unspecified atom stereocenters. The van der Waals surface area contributed by atoms with Crippen LogP contribution in [0.25, 0.3) is 0 Å². The maximum atomic E-state index is 11.5. The van der Waals surface area contributed by atoms with Crippen molar-refractivity contribution in [2.24, 2.45) is 4.99 Å². The van der Waals surface area contributed by atoms with Gasteiger partial charge >= 0.3 is 6.09 Å². The number of ether oxygens (including phenoxy) is 3. The molecule has 0 bridgehead atoms. The smallest absolute Gasteiger partial charge is 0.407 e. The van der Waals surface area contributed by atoms with Gasteiger partial charge in [-0.2, -0.15) is 0 Å². The van der Waals surface area contributed by atoms with Gasteiger partial charge in [-0.15, -0.1) is 0 Å². The van der Waals surface area contributed by atoms with E-state index in [-0.39, 0.29) is 0 Å². The fraction of sp³-hybridized carbons (Fsp3) is 0.875. The Morgan fingerprint density at radius 3 is 2.17 bits per heavy atom. The summed E-state index contributed by atoms with van der Waals surface area (Å²) in [4.78, 5) is 15.6. The van der Waals surface area contributed by atoms with E-state index >= 15 is 0 Å². The average molecular weight is 346 g/mol. The molecule has 8 heteroatoms. The normalized spacial score (nSPS) is 12.0. The first-order chi connectivity index (χ1) is 11.4. The summed E-state index contributed by atoms with van der Waals surface area (Å²) >= 11 is 0. The molecule has 8 nitrogen and oxygen atoms in total. The molecule has 0 saturated heterocycles. The maximum Gasteiger partial charge on any atom is 0.407 e. The van der Waals surface area contributed by atoms with Crippen molar-refractivity contribution in [2.45, 2.75) is 39.2 Å². The number of carbonyl (C=O) groups excluding carboxylic acids is 1. The van der Waals surface area contributed by atoms with Crippen molar-refractivity contribution in [3.63, 3.8) is 0 Å². The van der Waals surface area contributed by atoms with Crippen molar-refractivity contribution in [3.05, 3.63) is 0 Å². The Morgan fingerprint density at radius 1 is 0.958 bits per heavy atom. The molecule has 0 atom stereocenters. The van der Waals surface area contributed by atoms with E-state index in [1.165, 1.54) is 0 Å². The summed E-state index contributed by atoms with van der Waals surface area (Å²) in [6.45, 7) is 9.48. The zero-order valence-corrected chi connectivity index (χ0v) is 15.7. The Morgan fingerprint density at radius 2 is 1.58 bits per heavy atom. The first kappa shape index (κ1) is 22.5. The highest BCUT2D eigenvalue weighted by Gasteiger charge is 2.15. The van der Waals surface area contributed by atoms with E-state index in [2.05, 4.69) is 20.9 Å². The second-order valence-corrected chi connectivity index (χ2v) is 6.17. The Hall–Kier alpha value is -1.54. The maximum absolute atomic E-state index is 11.5. The zero-order chi connectivity index (χ0) is 18.3. The molecule has 0 heterocycles. The van der Waals surface area contributed by atoms with Crippen LogP contribution in [0.4, 0.5) is 4.79 Å². The van der Waals surface area contributed by atoms with E-state index in [0.29, 0.717) is 32.9 Å². The molecule has 0 fully saturated rings. The molecule has 0 aromatic carbocycles. The van der Waals surface area contributed by atoms with Gasteiger partial charge < -0.3 is 30.2 Å². The highest BCUT2D eigenvalue weighted by molar-refractivity contribution is 5.79. The van der Waals surface area contributed by atoms with Crippen LogP contribution in [0.5, 0.6) is 0 Å². The summed E-state index contributed by atoms with van der Waals surface area (Å²) < 4.78 is 15.4.